The molecule has 20 heavy (non-hydrogen) atoms. The minimum Gasteiger partial charge on any atom is -0.311 e. The molecular weight excluding hydrogens is 318 g/mol. The largest absolute Gasteiger partial charge is 0.311 e. The van der Waals surface area contributed by atoms with Crippen molar-refractivity contribution in [3.05, 3.63) is 33.8 Å². The van der Waals surface area contributed by atoms with E-state index in [0.29, 0.717) is 0 Å². The molecule has 2 aromatic heterocycles. The second-order valence-corrected chi connectivity index (χ2v) is 5.54. The highest BCUT2D eigenvalue weighted by Crippen LogP contribution is 2.22. The van der Waals surface area contributed by atoms with Crippen molar-refractivity contribution in [2.45, 2.75) is 39.8 Å². The fourth-order valence-electron chi connectivity index (χ4n) is 2.26. The number of hydrogen-bond donors (Lipinski definition) is 1. The van der Waals surface area contributed by atoms with Crippen LogP contribution in [0.2, 0.25) is 0 Å². The van der Waals surface area contributed by atoms with Crippen LogP contribution in [0.25, 0.3) is 0 Å². The third-order valence-corrected chi connectivity index (χ3v) is 4.38. The molecule has 0 unspecified atom stereocenters. The van der Waals surface area contributed by atoms with E-state index in [1.165, 1.54) is 11.4 Å². The Balaban J connectivity index is 1.91. The fourth-order valence-corrected chi connectivity index (χ4v) is 2.96. The van der Waals surface area contributed by atoms with E-state index in [-0.39, 0.29) is 0 Å². The van der Waals surface area contributed by atoms with Gasteiger partial charge < -0.3 is 5.32 Å². The van der Waals surface area contributed by atoms with Crippen molar-refractivity contribution >= 4 is 15.9 Å². The molecule has 0 saturated heterocycles. The zero-order valence-corrected chi connectivity index (χ0v) is 13.9. The SMILES string of the molecule is CCc1nn(CC)c(CNCCc2ccnn2C)c1Br. The molecule has 2 rings (SSSR count). The summed E-state index contributed by atoms with van der Waals surface area (Å²) < 4.78 is 5.14. The van der Waals surface area contributed by atoms with Crippen molar-refractivity contribution in [3.8, 4) is 0 Å². The van der Waals surface area contributed by atoms with E-state index in [0.717, 1.165) is 42.6 Å². The van der Waals surface area contributed by atoms with Crippen LogP contribution in [-0.4, -0.2) is 26.1 Å². The van der Waals surface area contributed by atoms with Gasteiger partial charge in [-0.1, -0.05) is 6.92 Å². The Kier molecular flexibility index (Phi) is 5.37. The average Bonchev–Trinajstić information content (AvgIpc) is 2.99. The quantitative estimate of drug-likeness (QED) is 0.787. The number of rotatable bonds is 7. The van der Waals surface area contributed by atoms with Crippen molar-refractivity contribution in [1.29, 1.82) is 0 Å². The summed E-state index contributed by atoms with van der Waals surface area (Å²) in [6.45, 7) is 6.92. The van der Waals surface area contributed by atoms with E-state index >= 15 is 0 Å². The number of aromatic nitrogens is 4. The Morgan fingerprint density at radius 2 is 2.15 bits per heavy atom. The van der Waals surface area contributed by atoms with Gasteiger partial charge in [-0.05, 0) is 35.3 Å². The first kappa shape index (κ1) is 15.3. The van der Waals surface area contributed by atoms with Gasteiger partial charge in [-0.3, -0.25) is 9.36 Å². The lowest BCUT2D eigenvalue weighted by Crippen LogP contribution is -2.20. The average molecular weight is 340 g/mol. The standard InChI is InChI=1S/C14H22BrN5/c1-4-12-14(15)13(20(5-2)18-12)10-16-8-6-11-7-9-17-19(11)3/h7,9,16H,4-6,8,10H2,1-3H3. The monoisotopic (exact) mass is 339 g/mol. The first-order chi connectivity index (χ1) is 9.67. The number of halogens is 1. The molecule has 0 aliphatic rings. The molecule has 0 aromatic carbocycles. The molecule has 110 valence electrons. The van der Waals surface area contributed by atoms with E-state index in [1.807, 2.05) is 17.9 Å². The molecule has 2 heterocycles. The number of aryl methyl sites for hydroxylation is 3. The lowest BCUT2D eigenvalue weighted by Gasteiger charge is -2.08. The van der Waals surface area contributed by atoms with Crippen LogP contribution in [0.3, 0.4) is 0 Å². The molecule has 6 heteroatoms. The molecule has 5 nitrogen and oxygen atoms in total. The van der Waals surface area contributed by atoms with Crippen LogP contribution in [-0.2, 0) is 33.0 Å². The second-order valence-electron chi connectivity index (χ2n) is 4.75. The summed E-state index contributed by atoms with van der Waals surface area (Å²) in [7, 11) is 1.98. The first-order valence-electron chi connectivity index (χ1n) is 7.09. The normalized spacial score (nSPS) is 11.2. The molecule has 0 bridgehead atoms. The van der Waals surface area contributed by atoms with Gasteiger partial charge in [0, 0.05) is 45.0 Å². The minimum absolute atomic E-state index is 0.833. The van der Waals surface area contributed by atoms with Gasteiger partial charge in [0.25, 0.3) is 0 Å². The molecule has 2 aromatic rings. The van der Waals surface area contributed by atoms with Gasteiger partial charge in [0.15, 0.2) is 0 Å². The highest BCUT2D eigenvalue weighted by Gasteiger charge is 2.13. The molecule has 0 amide bonds. The second kappa shape index (κ2) is 7.04. The minimum atomic E-state index is 0.833. The maximum absolute atomic E-state index is 4.61. The lowest BCUT2D eigenvalue weighted by atomic mass is 10.3. The van der Waals surface area contributed by atoms with Crippen molar-refractivity contribution in [2.24, 2.45) is 7.05 Å². The van der Waals surface area contributed by atoms with Crippen LogP contribution >= 0.6 is 15.9 Å². The molecule has 0 radical (unpaired) electrons. The van der Waals surface area contributed by atoms with Crippen LogP contribution < -0.4 is 5.32 Å². The summed E-state index contributed by atoms with van der Waals surface area (Å²) >= 11 is 3.67. The Labute approximate surface area is 128 Å². The van der Waals surface area contributed by atoms with Gasteiger partial charge in [-0.2, -0.15) is 10.2 Å². The lowest BCUT2D eigenvalue weighted by molar-refractivity contribution is 0.571. The number of nitrogens with zero attached hydrogens (tertiary/aromatic N) is 4. The van der Waals surface area contributed by atoms with Crippen molar-refractivity contribution in [2.75, 3.05) is 6.54 Å². The predicted octanol–water partition coefficient (Wildman–Crippen LogP) is 2.29. The van der Waals surface area contributed by atoms with Crippen LogP contribution in [0.5, 0.6) is 0 Å². The molecule has 0 fully saturated rings. The summed E-state index contributed by atoms with van der Waals surface area (Å²) in [5.74, 6) is 0. The van der Waals surface area contributed by atoms with Gasteiger partial charge in [-0.25, -0.2) is 0 Å². The van der Waals surface area contributed by atoms with Crippen molar-refractivity contribution in [1.82, 2.24) is 24.9 Å². The van der Waals surface area contributed by atoms with Gasteiger partial charge >= 0.3 is 0 Å². The molecule has 0 aliphatic heterocycles. The molecule has 1 N–H and O–H groups in total. The highest BCUT2D eigenvalue weighted by molar-refractivity contribution is 9.10. The van der Waals surface area contributed by atoms with Crippen LogP contribution in [0.1, 0.15) is 30.9 Å². The van der Waals surface area contributed by atoms with E-state index in [4.69, 9.17) is 0 Å². The van der Waals surface area contributed by atoms with E-state index in [9.17, 15) is 0 Å². The van der Waals surface area contributed by atoms with Crippen LogP contribution in [0.4, 0.5) is 0 Å². The van der Waals surface area contributed by atoms with Gasteiger partial charge in [0.1, 0.15) is 0 Å². The summed E-state index contributed by atoms with van der Waals surface area (Å²) in [5, 5.41) is 12.3. The summed E-state index contributed by atoms with van der Waals surface area (Å²) in [6.07, 6.45) is 3.77. The Bertz CT molecular complexity index is 558. The molecule has 0 saturated carbocycles. The van der Waals surface area contributed by atoms with Gasteiger partial charge in [0.05, 0.1) is 15.9 Å². The van der Waals surface area contributed by atoms with Crippen molar-refractivity contribution < 1.29 is 0 Å². The summed E-state index contributed by atoms with van der Waals surface area (Å²) in [6, 6.07) is 2.06. The van der Waals surface area contributed by atoms with Crippen LogP contribution in [0.15, 0.2) is 16.7 Å². The van der Waals surface area contributed by atoms with Crippen molar-refractivity contribution in [3.63, 3.8) is 0 Å². The predicted molar refractivity (Wildman–Crippen MR) is 83.6 cm³/mol. The van der Waals surface area contributed by atoms with E-state index in [1.54, 1.807) is 0 Å². The van der Waals surface area contributed by atoms with E-state index < -0.39 is 0 Å². The summed E-state index contributed by atoms with van der Waals surface area (Å²) in [4.78, 5) is 0. The summed E-state index contributed by atoms with van der Waals surface area (Å²) in [5.41, 5.74) is 3.61. The third kappa shape index (κ3) is 3.30. The van der Waals surface area contributed by atoms with Gasteiger partial charge in [0.2, 0.25) is 0 Å². The molecule has 0 spiro atoms. The number of hydrogen-bond acceptors (Lipinski definition) is 3. The third-order valence-electron chi connectivity index (χ3n) is 3.47. The highest BCUT2D eigenvalue weighted by atomic mass is 79.9. The zero-order valence-electron chi connectivity index (χ0n) is 12.4. The molecular formula is C14H22BrN5. The maximum atomic E-state index is 4.61. The fraction of sp³-hybridized carbons (Fsp3) is 0.571. The zero-order chi connectivity index (χ0) is 14.5. The Morgan fingerprint density at radius 1 is 1.35 bits per heavy atom. The molecule has 0 aliphatic carbocycles. The smallest absolute Gasteiger partial charge is 0.0767 e. The number of nitrogens with one attached hydrogen (secondary N) is 1. The molecule has 0 atom stereocenters. The van der Waals surface area contributed by atoms with E-state index in [2.05, 4.69) is 56.0 Å². The van der Waals surface area contributed by atoms with Crippen LogP contribution in [0, 0.1) is 0 Å². The van der Waals surface area contributed by atoms with Gasteiger partial charge in [-0.15, -0.1) is 0 Å². The maximum Gasteiger partial charge on any atom is 0.0767 e. The Morgan fingerprint density at radius 3 is 2.75 bits per heavy atom. The topological polar surface area (TPSA) is 47.7 Å². The first-order valence-corrected chi connectivity index (χ1v) is 7.88. The Hall–Kier alpha value is -1.14.